The Labute approximate surface area is 593 Å². The molecule has 0 unspecified atom stereocenters. The normalized spacial score (nSPS) is 11.6. The van der Waals surface area contributed by atoms with Crippen LogP contribution in [0, 0.1) is 0 Å². The quantitative estimate of drug-likeness (QED) is 0.149. The number of para-hydroxylation sites is 8. The second-order valence-electron chi connectivity index (χ2n) is 25.3. The Morgan fingerprint density at radius 1 is 0.190 bits per heavy atom. The van der Waals surface area contributed by atoms with Crippen LogP contribution in [0.2, 0.25) is 0 Å². The van der Waals surface area contributed by atoms with Gasteiger partial charge in [-0.2, -0.15) is 0 Å². The molecule has 0 saturated heterocycles. The third-order valence-corrected chi connectivity index (χ3v) is 20.5. The minimum atomic E-state index is -1.46. The van der Waals surface area contributed by atoms with Crippen molar-refractivity contribution in [1.29, 1.82) is 0 Å². The van der Waals surface area contributed by atoms with Gasteiger partial charge in [0, 0.05) is 91.2 Å². The molecule has 5 heterocycles. The van der Waals surface area contributed by atoms with Crippen LogP contribution in [0.15, 0.2) is 361 Å². The van der Waals surface area contributed by atoms with Crippen molar-refractivity contribution in [3.63, 3.8) is 0 Å². The van der Waals surface area contributed by atoms with E-state index in [0.717, 1.165) is 42.1 Å². The molecule has 7 nitrogen and oxygen atoms in total. The Bertz CT molecular complexity index is 6250. The Hall–Kier alpha value is -11.8. The third-order valence-electron chi connectivity index (χ3n) is 19.5. The van der Waals surface area contributed by atoms with Crippen LogP contribution in [0.3, 0.4) is 0 Å². The van der Waals surface area contributed by atoms with Gasteiger partial charge in [0.05, 0.1) is 55.2 Å². The predicted molar refractivity (Wildman–Crippen MR) is 427 cm³/mol. The van der Waals surface area contributed by atoms with Crippen LogP contribution in [-0.4, -0.2) is 40.0 Å². The molecule has 0 aliphatic carbocycles. The van der Waals surface area contributed by atoms with Crippen molar-refractivity contribution >= 4 is 153 Å². The summed E-state index contributed by atoms with van der Waals surface area (Å²) in [6, 6.07) is 125. The highest BCUT2D eigenvalue weighted by molar-refractivity contribution is 9.10. The minimum Gasteiger partial charge on any atom is -0.423 e. The number of hydrogen-bond acceptors (Lipinski definition) is 2. The molecule has 20 rings (SSSR count). The Kier molecular flexibility index (Phi) is 15.3. The van der Waals surface area contributed by atoms with E-state index in [0.29, 0.717) is 5.46 Å². The van der Waals surface area contributed by atoms with Crippen molar-refractivity contribution in [1.82, 2.24) is 22.8 Å². The first-order valence-corrected chi connectivity index (χ1v) is 35.1. The lowest BCUT2D eigenvalue weighted by atomic mass is 9.80. The predicted octanol–water partition coefficient (Wildman–Crippen LogP) is 23.1. The molecule has 20 aromatic rings. The molecule has 0 bridgehead atoms. The fourth-order valence-electron chi connectivity index (χ4n) is 15.1. The molecule has 0 saturated carbocycles. The zero-order valence-electron chi connectivity index (χ0n) is 54.0. The van der Waals surface area contributed by atoms with E-state index < -0.39 is 7.12 Å². The summed E-state index contributed by atoms with van der Waals surface area (Å²) in [6.07, 6.45) is 0. The van der Waals surface area contributed by atoms with Crippen LogP contribution in [-0.2, 0) is 0 Å². The van der Waals surface area contributed by atoms with Crippen LogP contribution in [0.4, 0.5) is 0 Å². The van der Waals surface area contributed by atoms with Gasteiger partial charge in [0.2, 0.25) is 0 Å². The lowest BCUT2D eigenvalue weighted by Crippen LogP contribution is -2.29. The van der Waals surface area contributed by atoms with E-state index in [4.69, 9.17) is 0 Å². The first-order chi connectivity index (χ1) is 49.3. The summed E-state index contributed by atoms with van der Waals surface area (Å²) in [6.45, 7) is 0. The van der Waals surface area contributed by atoms with Crippen molar-refractivity contribution in [3.05, 3.63) is 361 Å². The fraction of sp³-hybridized carbons (Fsp3) is 0. The molecular weight excluding hydrogens is 1350 g/mol. The average molecular weight is 1410 g/mol. The van der Waals surface area contributed by atoms with Gasteiger partial charge < -0.3 is 32.9 Å². The Morgan fingerprint density at radius 3 is 0.680 bits per heavy atom. The van der Waals surface area contributed by atoms with Crippen LogP contribution in [0.1, 0.15) is 0 Å². The highest BCUT2D eigenvalue weighted by Gasteiger charge is 2.21. The van der Waals surface area contributed by atoms with Gasteiger partial charge in [0.15, 0.2) is 0 Å². The molecule has 0 aliphatic heterocycles. The summed E-state index contributed by atoms with van der Waals surface area (Å²) >= 11 is 7.16. The number of aromatic nitrogens is 5. The Morgan fingerprint density at radius 2 is 0.400 bits per heavy atom. The standard InChI is InChI=1S/C54H35N3.C18H14BNO2.C18H11Br2N/c1-4-14-40(15-5-1)55-49-22-12-10-20-43(49)45-32-36(24-28-51(45)55)38-26-30-53-47(34-38)48-35-39(27-31-54(48)57(53)42-18-8-3-9-19-42)37-25-29-52-46(33-37)44-21-11-13-23-50(44)56(52)41-16-6-2-7-17-41;21-19(22)13-10-11-18-16(12-13)15-8-4-5-9-17(15)20(18)14-6-2-1-3-7-14;19-12-6-8-17-15(10-12)16-11-13(20)7-9-18(16)21(17)14-4-2-1-3-5-14/h1-35H;1-12,21-22H;1-11H. The average Bonchev–Trinajstić information content (AvgIpc) is 1.65. The van der Waals surface area contributed by atoms with E-state index in [1.54, 1.807) is 6.07 Å². The first kappa shape index (κ1) is 60.6. The van der Waals surface area contributed by atoms with E-state index in [1.165, 1.54) is 127 Å². The van der Waals surface area contributed by atoms with Gasteiger partial charge in [-0.15, -0.1) is 0 Å². The van der Waals surface area contributed by atoms with Crippen molar-refractivity contribution in [2.45, 2.75) is 0 Å². The lowest BCUT2D eigenvalue weighted by Gasteiger charge is -2.09. The van der Waals surface area contributed by atoms with Gasteiger partial charge in [-0.05, 0) is 198 Å². The summed E-state index contributed by atoms with van der Waals surface area (Å²) in [4.78, 5) is 0. The first-order valence-electron chi connectivity index (χ1n) is 33.5. The van der Waals surface area contributed by atoms with Crippen molar-refractivity contribution in [2.24, 2.45) is 0 Å². The molecule has 0 amide bonds. The summed E-state index contributed by atoms with van der Waals surface area (Å²) < 4.78 is 13.9. The maximum absolute atomic E-state index is 9.43. The summed E-state index contributed by atoms with van der Waals surface area (Å²) in [7, 11) is -1.46. The monoisotopic (exact) mass is 1410 g/mol. The van der Waals surface area contributed by atoms with E-state index in [1.807, 2.05) is 48.5 Å². The van der Waals surface area contributed by atoms with Crippen LogP contribution >= 0.6 is 31.9 Å². The lowest BCUT2D eigenvalue weighted by molar-refractivity contribution is 0.426. The summed E-state index contributed by atoms with van der Waals surface area (Å²) in [5.74, 6) is 0. The van der Waals surface area contributed by atoms with Gasteiger partial charge in [0.25, 0.3) is 0 Å². The molecule has 474 valence electrons. The van der Waals surface area contributed by atoms with Crippen LogP contribution < -0.4 is 5.46 Å². The number of fused-ring (bicyclic) bond motifs is 15. The fourth-order valence-corrected chi connectivity index (χ4v) is 15.8. The van der Waals surface area contributed by atoms with Gasteiger partial charge in [0.1, 0.15) is 0 Å². The molecule has 0 spiro atoms. The number of rotatable bonds is 8. The molecule has 0 aliphatic rings. The molecular formula is C90H60BBr2N5O2. The SMILES string of the molecule is Brc1ccc2c(c1)c1cc(Br)ccc1n2-c1ccccc1.OB(O)c1ccc2c(c1)c1ccccc1n2-c1ccccc1.c1ccc(-n2c3ccccc3c3cc(-c4ccc5c(c4)c4cc(-c6ccc7c(c6)c6ccccc6n7-c6ccccc6)ccc4n5-c4ccccc4)ccc32)cc1. The highest BCUT2D eigenvalue weighted by atomic mass is 79.9. The number of nitrogens with zero attached hydrogens (tertiary/aromatic N) is 5. The number of benzene rings is 15. The van der Waals surface area contributed by atoms with Crippen molar-refractivity contribution in [2.75, 3.05) is 0 Å². The zero-order chi connectivity index (χ0) is 67.0. The smallest absolute Gasteiger partial charge is 0.423 e. The van der Waals surface area contributed by atoms with Crippen LogP contribution in [0.5, 0.6) is 0 Å². The number of hydrogen-bond donors (Lipinski definition) is 2. The number of halogens is 2. The summed E-state index contributed by atoms with van der Waals surface area (Å²) in [5.41, 5.74) is 22.9. The van der Waals surface area contributed by atoms with Gasteiger partial charge in [-0.1, -0.05) is 214 Å². The second kappa shape index (κ2) is 25.3. The molecule has 15 aromatic carbocycles. The molecule has 2 N–H and O–H groups in total. The van der Waals surface area contributed by atoms with E-state index in [2.05, 4.69) is 352 Å². The zero-order valence-corrected chi connectivity index (χ0v) is 57.1. The molecule has 0 fully saturated rings. The molecule has 100 heavy (non-hydrogen) atoms. The van der Waals surface area contributed by atoms with Crippen LogP contribution in [0.25, 0.3) is 160 Å². The van der Waals surface area contributed by atoms with E-state index in [-0.39, 0.29) is 0 Å². The Balaban J connectivity index is 0.000000136. The molecule has 10 heteroatoms. The van der Waals surface area contributed by atoms with Gasteiger partial charge >= 0.3 is 7.12 Å². The summed E-state index contributed by atoms with van der Waals surface area (Å²) in [5, 5.41) is 31.0. The maximum Gasteiger partial charge on any atom is 0.488 e. The van der Waals surface area contributed by atoms with Crippen molar-refractivity contribution in [3.8, 4) is 50.7 Å². The van der Waals surface area contributed by atoms with Gasteiger partial charge in [-0.25, -0.2) is 0 Å². The van der Waals surface area contributed by atoms with Crippen molar-refractivity contribution < 1.29 is 10.0 Å². The molecule has 0 radical (unpaired) electrons. The topological polar surface area (TPSA) is 65.1 Å². The highest BCUT2D eigenvalue weighted by Crippen LogP contribution is 2.42. The minimum absolute atomic E-state index is 0.503. The second-order valence-corrected chi connectivity index (χ2v) is 27.1. The molecule has 5 aromatic heterocycles. The molecule has 0 atom stereocenters. The van der Waals surface area contributed by atoms with Gasteiger partial charge in [-0.3, -0.25) is 0 Å². The largest absolute Gasteiger partial charge is 0.488 e. The maximum atomic E-state index is 9.43. The third kappa shape index (κ3) is 10.5. The van der Waals surface area contributed by atoms with E-state index in [9.17, 15) is 10.0 Å². The van der Waals surface area contributed by atoms with E-state index >= 15 is 0 Å².